The van der Waals surface area contributed by atoms with Crippen LogP contribution in [0.5, 0.6) is 0 Å². The van der Waals surface area contributed by atoms with Gasteiger partial charge in [0.05, 0.1) is 18.9 Å². The van der Waals surface area contributed by atoms with E-state index in [4.69, 9.17) is 16.3 Å². The van der Waals surface area contributed by atoms with Gasteiger partial charge in [-0.15, -0.1) is 0 Å². The first-order valence-electron chi connectivity index (χ1n) is 6.78. The molecule has 2 atom stereocenters. The maximum absolute atomic E-state index is 12.0. The van der Waals surface area contributed by atoms with E-state index in [9.17, 15) is 14.7 Å². The van der Waals surface area contributed by atoms with Gasteiger partial charge < -0.3 is 14.7 Å². The van der Waals surface area contributed by atoms with Crippen molar-refractivity contribution in [2.45, 2.75) is 12.3 Å². The molecule has 21 heavy (non-hydrogen) atoms. The fraction of sp³-hybridized carbons (Fsp3) is 0.467. The van der Waals surface area contributed by atoms with Crippen LogP contribution in [0.4, 0.5) is 0 Å². The number of methoxy groups -OCH3 is 1. The second-order valence-corrected chi connectivity index (χ2v) is 5.58. The maximum Gasteiger partial charge on any atom is 0.308 e. The second kappa shape index (κ2) is 6.91. The van der Waals surface area contributed by atoms with Crippen molar-refractivity contribution in [3.05, 3.63) is 34.9 Å². The largest absolute Gasteiger partial charge is 0.481 e. The van der Waals surface area contributed by atoms with Crippen LogP contribution in [0.25, 0.3) is 0 Å². The number of likely N-dealkylation sites (tertiary alicyclic amines) is 1. The van der Waals surface area contributed by atoms with E-state index in [1.54, 1.807) is 17.0 Å². The summed E-state index contributed by atoms with van der Waals surface area (Å²) in [6.45, 7) is 1.00. The number of carboxylic acid groups (broad SMARTS) is 1. The highest BCUT2D eigenvalue weighted by Gasteiger charge is 2.40. The van der Waals surface area contributed by atoms with Crippen LogP contribution in [0.1, 0.15) is 17.9 Å². The zero-order valence-electron chi connectivity index (χ0n) is 11.8. The van der Waals surface area contributed by atoms with Crippen LogP contribution >= 0.6 is 11.6 Å². The Bertz CT molecular complexity index is 517. The Morgan fingerprint density at radius 2 is 2.00 bits per heavy atom. The first-order chi connectivity index (χ1) is 10.0. The Kier molecular flexibility index (Phi) is 5.20. The molecule has 0 bridgehead atoms. The molecule has 0 saturated carbocycles. The van der Waals surface area contributed by atoms with E-state index in [2.05, 4.69) is 0 Å². The van der Waals surface area contributed by atoms with Gasteiger partial charge >= 0.3 is 5.97 Å². The van der Waals surface area contributed by atoms with E-state index >= 15 is 0 Å². The molecule has 0 radical (unpaired) electrons. The highest BCUT2D eigenvalue weighted by Crippen LogP contribution is 2.33. The first-order valence-corrected chi connectivity index (χ1v) is 7.15. The minimum atomic E-state index is -0.878. The van der Waals surface area contributed by atoms with Crippen molar-refractivity contribution in [1.82, 2.24) is 4.90 Å². The summed E-state index contributed by atoms with van der Waals surface area (Å²) >= 11 is 5.86. The molecule has 1 aliphatic heterocycles. The number of ether oxygens (including phenoxy) is 1. The fourth-order valence-electron chi connectivity index (χ4n) is 2.65. The monoisotopic (exact) mass is 311 g/mol. The topological polar surface area (TPSA) is 66.8 Å². The van der Waals surface area contributed by atoms with Crippen molar-refractivity contribution in [1.29, 1.82) is 0 Å². The van der Waals surface area contributed by atoms with Gasteiger partial charge in [-0.05, 0) is 17.7 Å². The lowest BCUT2D eigenvalue weighted by Crippen LogP contribution is -2.30. The molecule has 1 fully saturated rings. The third kappa shape index (κ3) is 3.74. The lowest BCUT2D eigenvalue weighted by atomic mass is 9.89. The minimum Gasteiger partial charge on any atom is -0.481 e. The molecule has 5 nitrogen and oxygen atoms in total. The highest BCUT2D eigenvalue weighted by molar-refractivity contribution is 6.30. The van der Waals surface area contributed by atoms with Crippen molar-refractivity contribution in [2.24, 2.45) is 5.92 Å². The molecule has 1 amide bonds. The number of rotatable bonds is 5. The number of carbonyl (C=O) groups excluding carboxylic acids is 1. The summed E-state index contributed by atoms with van der Waals surface area (Å²) in [6, 6.07) is 7.13. The van der Waals surface area contributed by atoms with Gasteiger partial charge in [-0.1, -0.05) is 23.7 Å². The van der Waals surface area contributed by atoms with Gasteiger partial charge in [-0.25, -0.2) is 0 Å². The Morgan fingerprint density at radius 3 is 2.57 bits per heavy atom. The van der Waals surface area contributed by atoms with Gasteiger partial charge in [0.15, 0.2) is 0 Å². The second-order valence-electron chi connectivity index (χ2n) is 5.14. The van der Waals surface area contributed by atoms with Gasteiger partial charge in [-0.3, -0.25) is 9.59 Å². The number of nitrogens with zero attached hydrogens (tertiary/aromatic N) is 1. The quantitative estimate of drug-likeness (QED) is 0.903. The molecule has 2 rings (SSSR count). The lowest BCUT2D eigenvalue weighted by molar-refractivity contribution is -0.141. The van der Waals surface area contributed by atoms with Crippen molar-refractivity contribution in [3.63, 3.8) is 0 Å². The average molecular weight is 312 g/mol. The summed E-state index contributed by atoms with van der Waals surface area (Å²) in [7, 11) is 1.54. The van der Waals surface area contributed by atoms with E-state index in [-0.39, 0.29) is 24.8 Å². The molecule has 114 valence electrons. The molecule has 6 heteroatoms. The number of benzene rings is 1. The first kappa shape index (κ1) is 15.8. The molecule has 1 N–H and O–H groups in total. The smallest absolute Gasteiger partial charge is 0.308 e. The molecular weight excluding hydrogens is 294 g/mol. The van der Waals surface area contributed by atoms with Crippen molar-refractivity contribution in [2.75, 3.05) is 26.8 Å². The van der Waals surface area contributed by atoms with Crippen molar-refractivity contribution in [3.8, 4) is 0 Å². The summed E-state index contributed by atoms with van der Waals surface area (Å²) in [5.74, 6) is -1.74. The predicted molar refractivity (Wildman–Crippen MR) is 78.4 cm³/mol. The summed E-state index contributed by atoms with van der Waals surface area (Å²) in [5.41, 5.74) is 0.897. The standard InChI is InChI=1S/C15H18ClNO4/c1-21-7-6-14(18)17-8-12(13(9-17)15(19)20)10-2-4-11(16)5-3-10/h2-5,12-13H,6-9H2,1H3,(H,19,20)/t12-,13+/m0/s1. The van der Waals surface area contributed by atoms with Crippen molar-refractivity contribution >= 4 is 23.5 Å². The summed E-state index contributed by atoms with van der Waals surface area (Å²) in [4.78, 5) is 25.1. The van der Waals surface area contributed by atoms with E-state index < -0.39 is 11.9 Å². The number of amides is 1. The zero-order valence-corrected chi connectivity index (χ0v) is 12.5. The number of hydrogen-bond acceptors (Lipinski definition) is 3. The lowest BCUT2D eigenvalue weighted by Gasteiger charge is -2.16. The fourth-order valence-corrected chi connectivity index (χ4v) is 2.78. The molecule has 0 unspecified atom stereocenters. The molecule has 1 aromatic rings. The number of carboxylic acids is 1. The molecule has 0 aliphatic carbocycles. The SMILES string of the molecule is COCCC(=O)N1C[C@@H](C(=O)O)[C@H](c2ccc(Cl)cc2)C1. The Morgan fingerprint density at radius 1 is 1.33 bits per heavy atom. The molecular formula is C15H18ClNO4. The van der Waals surface area contributed by atoms with Gasteiger partial charge in [-0.2, -0.15) is 0 Å². The van der Waals surface area contributed by atoms with E-state index in [1.165, 1.54) is 7.11 Å². The van der Waals surface area contributed by atoms with Crippen LogP contribution in [0.2, 0.25) is 5.02 Å². The minimum absolute atomic E-state index is 0.0698. The molecule has 1 saturated heterocycles. The zero-order chi connectivity index (χ0) is 15.4. The average Bonchev–Trinajstić information content (AvgIpc) is 2.91. The summed E-state index contributed by atoms with van der Waals surface area (Å²) in [6.07, 6.45) is 0.274. The third-order valence-electron chi connectivity index (χ3n) is 3.81. The van der Waals surface area contributed by atoms with Gasteiger partial charge in [0.2, 0.25) is 5.91 Å². The number of hydrogen-bond donors (Lipinski definition) is 1. The van der Waals surface area contributed by atoms with Gasteiger partial charge in [0, 0.05) is 31.1 Å². The number of carbonyl (C=O) groups is 2. The molecule has 1 heterocycles. The molecule has 1 aliphatic rings. The number of halogens is 1. The van der Waals surface area contributed by atoms with Crippen LogP contribution < -0.4 is 0 Å². The van der Waals surface area contributed by atoms with Crippen LogP contribution in [-0.4, -0.2) is 48.7 Å². The highest BCUT2D eigenvalue weighted by atomic mass is 35.5. The maximum atomic E-state index is 12.0. The normalized spacial score (nSPS) is 21.5. The van der Waals surface area contributed by atoms with Crippen molar-refractivity contribution < 1.29 is 19.4 Å². The summed E-state index contributed by atoms with van der Waals surface area (Å²) < 4.78 is 4.89. The predicted octanol–water partition coefficient (Wildman–Crippen LogP) is 2.00. The van der Waals surface area contributed by atoms with E-state index in [0.29, 0.717) is 18.2 Å². The van der Waals surface area contributed by atoms with Crippen LogP contribution in [0.15, 0.2) is 24.3 Å². The summed E-state index contributed by atoms with van der Waals surface area (Å²) in [5, 5.41) is 9.99. The third-order valence-corrected chi connectivity index (χ3v) is 4.06. The van der Waals surface area contributed by atoms with E-state index in [1.807, 2.05) is 12.1 Å². The molecule has 0 spiro atoms. The molecule has 0 aromatic heterocycles. The van der Waals surface area contributed by atoms with Crippen LogP contribution in [0.3, 0.4) is 0 Å². The van der Waals surface area contributed by atoms with Gasteiger partial charge in [0.1, 0.15) is 0 Å². The Hall–Kier alpha value is -1.59. The van der Waals surface area contributed by atoms with Crippen LogP contribution in [0, 0.1) is 5.92 Å². The Balaban J connectivity index is 2.14. The van der Waals surface area contributed by atoms with Crippen LogP contribution in [-0.2, 0) is 14.3 Å². The van der Waals surface area contributed by atoms with Gasteiger partial charge in [0.25, 0.3) is 0 Å². The Labute approximate surface area is 128 Å². The number of aliphatic carboxylic acids is 1. The van der Waals surface area contributed by atoms with E-state index in [0.717, 1.165) is 5.56 Å². The molecule has 1 aromatic carbocycles.